The van der Waals surface area contributed by atoms with E-state index in [2.05, 4.69) is 0 Å². The maximum atomic E-state index is 10.9. The average molecular weight is 467 g/mol. The summed E-state index contributed by atoms with van der Waals surface area (Å²) in [5, 5.41) is 2.03. The Labute approximate surface area is 228 Å². The second-order valence-corrected chi connectivity index (χ2v) is 8.65. The molecule has 0 fully saturated rings. The van der Waals surface area contributed by atoms with Crippen molar-refractivity contribution in [1.29, 1.82) is 0 Å². The van der Waals surface area contributed by atoms with E-state index in [1.165, 1.54) is 0 Å². The van der Waals surface area contributed by atoms with E-state index < -0.39 is 20.7 Å². The maximum absolute atomic E-state index is 10.9. The van der Waals surface area contributed by atoms with Crippen LogP contribution in [0.1, 0.15) is 12.8 Å². The molecule has 0 saturated heterocycles. The minimum Gasteiger partial charge on any atom is -0.809 e. The molecule has 28 heavy (non-hydrogen) atoms. The first-order chi connectivity index (χ1) is 11.2. The molecule has 1 aliphatic rings. The van der Waals surface area contributed by atoms with Gasteiger partial charge in [-0.25, -0.2) is 0 Å². The zero-order valence-electron chi connectivity index (χ0n) is 16.0. The molecule has 0 saturated carbocycles. The third-order valence-electron chi connectivity index (χ3n) is 3.12. The number of benzene rings is 1. The van der Waals surface area contributed by atoms with Crippen molar-refractivity contribution in [2.75, 3.05) is 19.9 Å². The van der Waals surface area contributed by atoms with Crippen LogP contribution >= 0.6 is 15.2 Å². The van der Waals surface area contributed by atoms with Crippen LogP contribution in [0.25, 0.3) is 0 Å². The number of rotatable bonds is 9. The first-order valence-electron chi connectivity index (χ1n) is 6.99. The van der Waals surface area contributed by atoms with Crippen molar-refractivity contribution in [2.45, 2.75) is 18.4 Å². The van der Waals surface area contributed by atoms with Gasteiger partial charge in [0.1, 0.15) is 5.75 Å². The molecule has 0 aromatic heterocycles. The van der Waals surface area contributed by atoms with Crippen molar-refractivity contribution < 1.29 is 137 Å². The minimum atomic E-state index is -5.50. The first-order valence-corrected chi connectivity index (χ1v) is 10.2. The maximum Gasteiger partial charge on any atom is 1.00 e. The fraction of sp³-hybridized carbons (Fsp3) is 0.500. The molecule has 1 heterocycles. The number of unbranched alkanes of at least 4 members (excludes halogenated alkanes) is 1. The van der Waals surface area contributed by atoms with Crippen molar-refractivity contribution in [3.05, 3.63) is 18.2 Å². The van der Waals surface area contributed by atoms with Crippen LogP contribution in [0.4, 0.5) is 0 Å². The van der Waals surface area contributed by atoms with Crippen LogP contribution in [0, 0.1) is 0 Å². The van der Waals surface area contributed by atoms with Crippen molar-refractivity contribution >= 4 is 15.2 Å². The molecule has 2 atom stereocenters. The Morgan fingerprint density at radius 1 is 1.11 bits per heavy atom. The van der Waals surface area contributed by atoms with E-state index in [4.69, 9.17) is 19.1 Å². The van der Waals surface area contributed by atoms with Crippen molar-refractivity contribution in [1.82, 2.24) is 5.32 Å². The zero-order valence-corrected chi connectivity index (χ0v) is 23.7. The topological polar surface area (TPSA) is 195 Å². The summed E-state index contributed by atoms with van der Waals surface area (Å²) >= 11 is 0. The predicted molar refractivity (Wildman–Crippen MR) is 80.1 cm³/mol. The second kappa shape index (κ2) is 15.6. The minimum absolute atomic E-state index is 0. The third-order valence-corrected chi connectivity index (χ3v) is 6.43. The number of fused-ring (bicyclic) bond motifs is 1. The molecule has 144 valence electrons. The molecule has 2 unspecified atom stereocenters. The molecule has 1 aromatic rings. The molecular formula is C12H18NNa3O10P2. The molecule has 0 amide bonds. The van der Waals surface area contributed by atoms with Gasteiger partial charge in [-0.1, -0.05) is 0 Å². The molecule has 11 nitrogen and oxygen atoms in total. The quantitative estimate of drug-likeness (QED) is 0.200. The largest absolute Gasteiger partial charge is 1.00 e. The summed E-state index contributed by atoms with van der Waals surface area (Å²) in [7, 11) is -10.8. The van der Waals surface area contributed by atoms with Gasteiger partial charge in [0.25, 0.3) is 0 Å². The normalized spacial score (nSPS) is 14.9. The van der Waals surface area contributed by atoms with Crippen LogP contribution in [-0.2, 0) is 9.13 Å². The number of nitrogens with one attached hydrogen (secondary N) is 1. The van der Waals surface area contributed by atoms with Gasteiger partial charge in [-0.2, -0.15) is 0 Å². The van der Waals surface area contributed by atoms with E-state index in [1.807, 2.05) is 5.32 Å². The van der Waals surface area contributed by atoms with Crippen LogP contribution < -0.4 is 123 Å². The van der Waals surface area contributed by atoms with E-state index in [1.54, 1.807) is 18.2 Å². The van der Waals surface area contributed by atoms with Crippen LogP contribution in [0.2, 0.25) is 0 Å². The summed E-state index contributed by atoms with van der Waals surface area (Å²) in [6.07, 6.45) is 0.797. The summed E-state index contributed by atoms with van der Waals surface area (Å²) in [4.78, 5) is 41.3. The number of hydrogen-bond donors (Lipinski definition) is 2. The van der Waals surface area contributed by atoms with Crippen LogP contribution in [0.3, 0.4) is 0 Å². The van der Waals surface area contributed by atoms with Gasteiger partial charge in [0, 0.05) is 6.07 Å². The van der Waals surface area contributed by atoms with E-state index in [0.717, 1.165) is 0 Å². The third kappa shape index (κ3) is 11.5. The van der Waals surface area contributed by atoms with Gasteiger partial charge in [-0.3, -0.25) is 0 Å². The monoisotopic (exact) mass is 467 g/mol. The molecule has 4 N–H and O–H groups in total. The molecule has 0 bridgehead atoms. The Morgan fingerprint density at radius 2 is 1.71 bits per heavy atom. The molecular weight excluding hydrogens is 449 g/mol. The van der Waals surface area contributed by atoms with Gasteiger partial charge in [-0.15, -0.1) is 0 Å². The first kappa shape index (κ1) is 34.5. The summed E-state index contributed by atoms with van der Waals surface area (Å²) in [5.41, 5.74) is -2.51. The predicted octanol–water partition coefficient (Wildman–Crippen LogP) is -10.9. The van der Waals surface area contributed by atoms with E-state index in [0.29, 0.717) is 30.1 Å². The fourth-order valence-electron chi connectivity index (χ4n) is 2.02. The molecule has 0 aliphatic carbocycles. The van der Waals surface area contributed by atoms with Crippen LogP contribution in [0.15, 0.2) is 18.2 Å². The fourth-order valence-corrected chi connectivity index (χ4v) is 4.16. The summed E-state index contributed by atoms with van der Waals surface area (Å²) < 4.78 is 37.5. The molecule has 2 rings (SSSR count). The Hall–Kier alpha value is 1.84. The van der Waals surface area contributed by atoms with E-state index >= 15 is 0 Å². The van der Waals surface area contributed by atoms with Gasteiger partial charge in [0.15, 0.2) is 19.1 Å². The molecule has 1 aliphatic heterocycles. The molecule has 0 radical (unpaired) electrons. The number of hydrogen-bond acceptors (Lipinski definition) is 9. The van der Waals surface area contributed by atoms with Crippen molar-refractivity contribution in [3.63, 3.8) is 0 Å². The average Bonchev–Trinajstić information content (AvgIpc) is 2.91. The van der Waals surface area contributed by atoms with Crippen LogP contribution in [0.5, 0.6) is 17.2 Å². The van der Waals surface area contributed by atoms with Crippen molar-refractivity contribution in [2.24, 2.45) is 0 Å². The summed E-state index contributed by atoms with van der Waals surface area (Å²) in [6.45, 7) is 0.353. The summed E-state index contributed by atoms with van der Waals surface area (Å²) in [6, 6.07) is 5.07. The van der Waals surface area contributed by atoms with Gasteiger partial charge in [-0.05, 0) is 39.1 Å². The standard InChI is InChI=1S/C12H19NO9P2.3Na.H2O/c14-23(15,16)12(24(17,18)19)13-5-1-2-6-20-9-3-4-10-11(7-9)22-8-21-10;;;;/h3-4,7,12-13H,1-2,5-6,8H2,(H2,14,15,16)(H2,17,18,19);;;;1H2/q;3*+1;/p-3. The van der Waals surface area contributed by atoms with Crippen LogP contribution in [-0.4, -0.2) is 35.8 Å². The SMILES string of the molecule is O.O=P([O-])([O-])C(NCCCCOc1ccc2c(c1)OCO2)P(=O)([O-])O.[Na+].[Na+].[Na+]. The van der Waals surface area contributed by atoms with Gasteiger partial charge >= 0.3 is 88.7 Å². The van der Waals surface area contributed by atoms with E-state index in [-0.39, 0.29) is 114 Å². The van der Waals surface area contributed by atoms with E-state index in [9.17, 15) is 23.8 Å². The number of ether oxygens (including phenoxy) is 3. The Morgan fingerprint density at radius 3 is 2.29 bits per heavy atom. The van der Waals surface area contributed by atoms with Gasteiger partial charge < -0.3 is 53.7 Å². The molecule has 0 spiro atoms. The summed E-state index contributed by atoms with van der Waals surface area (Å²) in [5.74, 6) is 1.77. The molecule has 1 aromatic carbocycles. The van der Waals surface area contributed by atoms with Crippen molar-refractivity contribution in [3.8, 4) is 17.2 Å². The smallest absolute Gasteiger partial charge is 0.809 e. The van der Waals surface area contributed by atoms with Gasteiger partial charge in [0.05, 0.1) is 12.1 Å². The second-order valence-electron chi connectivity index (χ2n) is 5.00. The molecule has 16 heteroatoms. The zero-order chi connectivity index (χ0) is 17.8. The van der Waals surface area contributed by atoms with Gasteiger partial charge in [0.2, 0.25) is 6.79 Å². The Bertz CT molecular complexity index is 649. The Balaban J connectivity index is -0.00000156. The Kier molecular flexibility index (Phi) is 19.2.